The van der Waals surface area contributed by atoms with E-state index >= 15 is 0 Å². The summed E-state index contributed by atoms with van der Waals surface area (Å²) in [4.78, 5) is 14.3. The minimum Gasteiger partial charge on any atom is -0.475 e. The van der Waals surface area contributed by atoms with E-state index in [4.69, 9.17) is 16.3 Å². The van der Waals surface area contributed by atoms with Crippen LogP contribution in [0.2, 0.25) is 5.02 Å². The van der Waals surface area contributed by atoms with Gasteiger partial charge >= 0.3 is 0 Å². The molecule has 1 aromatic carbocycles. The number of hydrogen-bond acceptors (Lipinski definition) is 4. The lowest BCUT2D eigenvalue weighted by atomic mass is 10.2. The third-order valence-electron chi connectivity index (χ3n) is 1.97. The second-order valence-electron chi connectivity index (χ2n) is 2.95. The molecule has 0 saturated carbocycles. The van der Waals surface area contributed by atoms with E-state index in [1.165, 1.54) is 18.2 Å². The lowest BCUT2D eigenvalue weighted by Gasteiger charge is -2.03. The first kappa shape index (κ1) is 9.92. The van der Waals surface area contributed by atoms with Crippen molar-refractivity contribution in [2.75, 3.05) is 13.2 Å². The van der Waals surface area contributed by atoms with Gasteiger partial charge in [-0.2, -0.15) is 0 Å². The summed E-state index contributed by atoms with van der Waals surface area (Å²) in [5.74, 6) is 0.296. The summed E-state index contributed by atoms with van der Waals surface area (Å²) in [6, 6.07) is 4.31. The van der Waals surface area contributed by atoms with Crippen LogP contribution in [0.3, 0.4) is 0 Å². The predicted molar refractivity (Wildman–Crippen MR) is 55.5 cm³/mol. The number of aliphatic imine (C=N–C) groups is 1. The number of halogens is 1. The van der Waals surface area contributed by atoms with E-state index in [1.807, 2.05) is 0 Å². The van der Waals surface area contributed by atoms with E-state index in [1.54, 1.807) is 0 Å². The molecule has 78 valence electrons. The van der Waals surface area contributed by atoms with E-state index in [0.29, 0.717) is 29.6 Å². The van der Waals surface area contributed by atoms with E-state index in [0.717, 1.165) is 0 Å². The lowest BCUT2D eigenvalue weighted by molar-refractivity contribution is -0.385. The van der Waals surface area contributed by atoms with Crippen molar-refractivity contribution < 1.29 is 9.66 Å². The van der Waals surface area contributed by atoms with Crippen LogP contribution in [0.5, 0.6) is 0 Å². The Morgan fingerprint density at radius 2 is 2.33 bits per heavy atom. The normalized spacial score (nSPS) is 14.6. The summed E-state index contributed by atoms with van der Waals surface area (Å²) in [5, 5.41) is 11.2. The van der Waals surface area contributed by atoms with Crippen molar-refractivity contribution >= 4 is 23.2 Å². The van der Waals surface area contributed by atoms with Gasteiger partial charge in [0.25, 0.3) is 5.69 Å². The first-order chi connectivity index (χ1) is 7.18. The summed E-state index contributed by atoms with van der Waals surface area (Å²) >= 11 is 5.77. The second kappa shape index (κ2) is 3.86. The highest BCUT2D eigenvalue weighted by atomic mass is 35.5. The average Bonchev–Trinajstić information content (AvgIpc) is 2.69. The smallest absolute Gasteiger partial charge is 0.282 e. The van der Waals surface area contributed by atoms with Crippen LogP contribution in [0.15, 0.2) is 23.2 Å². The minimum atomic E-state index is -0.476. The van der Waals surface area contributed by atoms with Crippen molar-refractivity contribution in [3.05, 3.63) is 38.9 Å². The van der Waals surface area contributed by atoms with Crippen molar-refractivity contribution in [3.8, 4) is 0 Å². The molecule has 0 radical (unpaired) electrons. The standard InChI is InChI=1S/C9H7ClN2O3/c10-6-1-2-8(12(13)14)7(5-6)9-11-3-4-15-9/h1-2,5H,3-4H2. The Morgan fingerprint density at radius 3 is 2.93 bits per heavy atom. The largest absolute Gasteiger partial charge is 0.475 e. The van der Waals surface area contributed by atoms with Gasteiger partial charge in [-0.25, -0.2) is 4.99 Å². The molecular weight excluding hydrogens is 220 g/mol. The van der Waals surface area contributed by atoms with Crippen molar-refractivity contribution in [1.82, 2.24) is 0 Å². The summed E-state index contributed by atoms with van der Waals surface area (Å²) < 4.78 is 5.17. The fourth-order valence-electron chi connectivity index (χ4n) is 1.34. The van der Waals surface area contributed by atoms with E-state index < -0.39 is 4.92 Å². The number of benzene rings is 1. The van der Waals surface area contributed by atoms with Crippen molar-refractivity contribution in [3.63, 3.8) is 0 Å². The molecule has 1 heterocycles. The quantitative estimate of drug-likeness (QED) is 0.572. The van der Waals surface area contributed by atoms with Crippen LogP contribution in [0.4, 0.5) is 5.69 Å². The van der Waals surface area contributed by atoms with Crippen LogP contribution < -0.4 is 0 Å². The molecule has 0 saturated heterocycles. The first-order valence-corrected chi connectivity index (χ1v) is 4.68. The highest BCUT2D eigenvalue weighted by Gasteiger charge is 2.21. The number of nitro groups is 1. The Morgan fingerprint density at radius 1 is 1.53 bits per heavy atom. The number of nitrogens with zero attached hydrogens (tertiary/aromatic N) is 2. The number of rotatable bonds is 2. The Hall–Kier alpha value is -1.62. The molecule has 15 heavy (non-hydrogen) atoms. The zero-order chi connectivity index (χ0) is 10.8. The van der Waals surface area contributed by atoms with Crippen LogP contribution in [0, 0.1) is 10.1 Å². The van der Waals surface area contributed by atoms with Crippen molar-refractivity contribution in [1.29, 1.82) is 0 Å². The molecule has 0 atom stereocenters. The van der Waals surface area contributed by atoms with E-state index in [2.05, 4.69) is 4.99 Å². The molecule has 0 amide bonds. The molecule has 1 aromatic rings. The molecule has 1 aliphatic heterocycles. The molecule has 5 nitrogen and oxygen atoms in total. The Bertz CT molecular complexity index is 445. The Balaban J connectivity index is 2.51. The van der Waals surface area contributed by atoms with Gasteiger partial charge in [-0.3, -0.25) is 10.1 Å². The second-order valence-corrected chi connectivity index (χ2v) is 3.39. The Labute approximate surface area is 90.5 Å². The zero-order valence-corrected chi connectivity index (χ0v) is 8.40. The summed E-state index contributed by atoms with van der Waals surface area (Å²) in [6.07, 6.45) is 0. The van der Waals surface area contributed by atoms with Crippen molar-refractivity contribution in [2.24, 2.45) is 4.99 Å². The lowest BCUT2D eigenvalue weighted by Crippen LogP contribution is -2.05. The van der Waals surface area contributed by atoms with Gasteiger partial charge in [-0.15, -0.1) is 0 Å². The zero-order valence-electron chi connectivity index (χ0n) is 7.64. The minimum absolute atomic E-state index is 0.0416. The monoisotopic (exact) mass is 226 g/mol. The maximum absolute atomic E-state index is 10.7. The summed E-state index contributed by atoms with van der Waals surface area (Å²) in [6.45, 7) is 0.984. The molecule has 0 aromatic heterocycles. The third kappa shape index (κ3) is 1.92. The summed E-state index contributed by atoms with van der Waals surface area (Å²) in [5.41, 5.74) is 0.296. The van der Waals surface area contributed by atoms with Crippen molar-refractivity contribution in [2.45, 2.75) is 0 Å². The molecular formula is C9H7ClN2O3. The van der Waals surface area contributed by atoms with Gasteiger partial charge in [0, 0.05) is 11.1 Å². The van der Waals surface area contributed by atoms with E-state index in [-0.39, 0.29) is 5.69 Å². The van der Waals surface area contributed by atoms with Crippen LogP contribution in [0.1, 0.15) is 5.56 Å². The van der Waals surface area contributed by atoms with Crippen LogP contribution in [-0.2, 0) is 4.74 Å². The molecule has 0 spiro atoms. The number of nitro benzene ring substituents is 1. The number of ether oxygens (including phenoxy) is 1. The molecule has 0 aliphatic carbocycles. The molecule has 6 heteroatoms. The van der Waals surface area contributed by atoms with Gasteiger partial charge in [0.15, 0.2) is 0 Å². The van der Waals surface area contributed by atoms with E-state index in [9.17, 15) is 10.1 Å². The first-order valence-electron chi connectivity index (χ1n) is 4.30. The maximum Gasteiger partial charge on any atom is 0.282 e. The van der Waals surface area contributed by atoms with Gasteiger partial charge in [0.05, 0.1) is 11.5 Å². The molecule has 0 N–H and O–H groups in total. The topological polar surface area (TPSA) is 64.7 Å². The van der Waals surface area contributed by atoms with Gasteiger partial charge in [-0.1, -0.05) is 11.6 Å². The van der Waals surface area contributed by atoms with Crippen LogP contribution in [-0.4, -0.2) is 24.0 Å². The molecule has 0 bridgehead atoms. The van der Waals surface area contributed by atoms with Crippen LogP contribution >= 0.6 is 11.6 Å². The fourth-order valence-corrected chi connectivity index (χ4v) is 1.51. The van der Waals surface area contributed by atoms with Gasteiger partial charge in [0.2, 0.25) is 5.90 Å². The van der Waals surface area contributed by atoms with Crippen LogP contribution in [0.25, 0.3) is 0 Å². The maximum atomic E-state index is 10.7. The molecule has 0 unspecified atom stereocenters. The molecule has 0 fully saturated rings. The third-order valence-corrected chi connectivity index (χ3v) is 2.21. The number of hydrogen-bond donors (Lipinski definition) is 0. The highest BCUT2D eigenvalue weighted by Crippen LogP contribution is 2.24. The summed E-state index contributed by atoms with van der Waals surface area (Å²) in [7, 11) is 0. The van der Waals surface area contributed by atoms with Gasteiger partial charge < -0.3 is 4.74 Å². The molecule has 1 aliphatic rings. The SMILES string of the molecule is O=[N+]([O-])c1ccc(Cl)cc1C1=NCCO1. The predicted octanol–water partition coefficient (Wildman–Crippen LogP) is 2.02. The highest BCUT2D eigenvalue weighted by molar-refractivity contribution is 6.31. The molecule has 2 rings (SSSR count). The average molecular weight is 227 g/mol. The fraction of sp³-hybridized carbons (Fsp3) is 0.222. The van der Waals surface area contributed by atoms with Gasteiger partial charge in [-0.05, 0) is 12.1 Å². The van der Waals surface area contributed by atoms with Gasteiger partial charge in [0.1, 0.15) is 12.2 Å². The Kier molecular flexibility index (Phi) is 2.55.